The number of pyridine rings is 1. The van der Waals surface area contributed by atoms with Crippen LogP contribution in [-0.2, 0) is 0 Å². The Balaban J connectivity index is 2.93. The largest absolute Gasteiger partial charge is 0.380 e. The van der Waals surface area contributed by atoms with Crippen molar-refractivity contribution in [3.8, 4) is 0 Å². The number of hydrogen-bond acceptors (Lipinski definition) is 4. The van der Waals surface area contributed by atoms with Gasteiger partial charge >= 0.3 is 0 Å². The van der Waals surface area contributed by atoms with Crippen LogP contribution in [0.2, 0.25) is 5.15 Å². The second-order valence-electron chi connectivity index (χ2n) is 2.51. The molecule has 62 valence electrons. The van der Waals surface area contributed by atoms with Crippen molar-refractivity contribution in [3.63, 3.8) is 0 Å². The number of nitrogens with zero attached hydrogens (tertiary/aromatic N) is 2. The minimum atomic E-state index is 0.353. The molecule has 2 aromatic rings. The summed E-state index contributed by atoms with van der Waals surface area (Å²) in [6, 6.07) is 1.72. The highest BCUT2D eigenvalue weighted by Gasteiger charge is 2.09. The molecule has 2 heterocycles. The maximum absolute atomic E-state index is 5.69. The average molecular weight is 184 g/mol. The minimum Gasteiger partial charge on any atom is -0.380 e. The molecule has 4 nitrogen and oxygen atoms in total. The van der Waals surface area contributed by atoms with Gasteiger partial charge in [0.2, 0.25) is 0 Å². The van der Waals surface area contributed by atoms with E-state index >= 15 is 0 Å². The Labute approximate surface area is 73.3 Å². The molecule has 0 aliphatic carbocycles. The predicted molar refractivity (Wildman–Crippen MR) is 46.0 cm³/mol. The Morgan fingerprint density at radius 1 is 1.58 bits per heavy atom. The number of anilines is 1. The van der Waals surface area contributed by atoms with Gasteiger partial charge in [-0.05, 0) is 18.6 Å². The summed E-state index contributed by atoms with van der Waals surface area (Å²) in [5.41, 5.74) is 6.85. The van der Waals surface area contributed by atoms with E-state index in [0.29, 0.717) is 16.7 Å². The quantitative estimate of drug-likeness (QED) is 0.633. The number of nitrogens with two attached hydrogens (primary N) is 1. The highest BCUT2D eigenvalue weighted by atomic mass is 35.5. The first-order valence-electron chi connectivity index (χ1n) is 3.36. The summed E-state index contributed by atoms with van der Waals surface area (Å²) >= 11 is 5.69. The van der Waals surface area contributed by atoms with Gasteiger partial charge in [-0.3, -0.25) is 0 Å². The van der Waals surface area contributed by atoms with E-state index in [1.54, 1.807) is 6.07 Å². The van der Waals surface area contributed by atoms with Crippen LogP contribution in [0.5, 0.6) is 0 Å². The van der Waals surface area contributed by atoms with E-state index in [1.807, 2.05) is 6.92 Å². The van der Waals surface area contributed by atoms with Gasteiger partial charge in [-0.1, -0.05) is 16.8 Å². The van der Waals surface area contributed by atoms with Gasteiger partial charge in [0.1, 0.15) is 5.15 Å². The average Bonchev–Trinajstić information content (AvgIpc) is 2.31. The van der Waals surface area contributed by atoms with Gasteiger partial charge in [0, 0.05) is 0 Å². The van der Waals surface area contributed by atoms with E-state index in [9.17, 15) is 0 Å². The highest BCUT2D eigenvalue weighted by Crippen LogP contribution is 2.24. The molecule has 0 aliphatic rings. The lowest BCUT2D eigenvalue weighted by molar-refractivity contribution is 0.452. The van der Waals surface area contributed by atoms with E-state index in [4.69, 9.17) is 21.9 Å². The van der Waals surface area contributed by atoms with E-state index in [2.05, 4.69) is 10.1 Å². The molecule has 0 saturated carbocycles. The molecule has 0 spiro atoms. The van der Waals surface area contributed by atoms with Gasteiger partial charge in [-0.2, -0.15) is 4.98 Å². The first-order chi connectivity index (χ1) is 5.68. The SMILES string of the molecule is Cc1cc(Cl)nc2onc(N)c12. The predicted octanol–water partition coefficient (Wildman–Crippen LogP) is 1.77. The van der Waals surface area contributed by atoms with Crippen LogP contribution in [-0.4, -0.2) is 10.1 Å². The molecule has 12 heavy (non-hydrogen) atoms. The maximum Gasteiger partial charge on any atom is 0.261 e. The Morgan fingerprint density at radius 2 is 2.33 bits per heavy atom. The van der Waals surface area contributed by atoms with E-state index in [1.165, 1.54) is 0 Å². The zero-order chi connectivity index (χ0) is 8.72. The lowest BCUT2D eigenvalue weighted by Crippen LogP contribution is -1.86. The molecule has 0 aromatic carbocycles. The molecular weight excluding hydrogens is 178 g/mol. The molecule has 2 aromatic heterocycles. The van der Waals surface area contributed by atoms with Gasteiger partial charge in [0.15, 0.2) is 5.82 Å². The maximum atomic E-state index is 5.69. The number of aryl methyl sites for hydroxylation is 1. The number of halogens is 1. The second kappa shape index (κ2) is 2.35. The first kappa shape index (κ1) is 7.36. The van der Waals surface area contributed by atoms with Gasteiger partial charge in [0.25, 0.3) is 5.71 Å². The summed E-state index contributed by atoms with van der Waals surface area (Å²) in [5.74, 6) is 0.353. The molecule has 0 unspecified atom stereocenters. The van der Waals surface area contributed by atoms with Crippen LogP contribution in [0.15, 0.2) is 10.6 Å². The van der Waals surface area contributed by atoms with Gasteiger partial charge in [0.05, 0.1) is 5.39 Å². The van der Waals surface area contributed by atoms with E-state index < -0.39 is 0 Å². The molecule has 0 amide bonds. The third-order valence-corrected chi connectivity index (χ3v) is 1.83. The van der Waals surface area contributed by atoms with Crippen molar-refractivity contribution in [2.45, 2.75) is 6.92 Å². The van der Waals surface area contributed by atoms with Crippen molar-refractivity contribution in [2.75, 3.05) is 5.73 Å². The monoisotopic (exact) mass is 183 g/mol. The molecule has 2 rings (SSSR count). The molecule has 0 saturated heterocycles. The summed E-state index contributed by atoms with van der Waals surface area (Å²) in [7, 11) is 0. The normalized spacial score (nSPS) is 10.8. The van der Waals surface area contributed by atoms with E-state index in [-0.39, 0.29) is 0 Å². The van der Waals surface area contributed by atoms with E-state index in [0.717, 1.165) is 10.9 Å². The summed E-state index contributed by atoms with van der Waals surface area (Å²) in [6.45, 7) is 1.88. The topological polar surface area (TPSA) is 64.9 Å². The van der Waals surface area contributed by atoms with Crippen molar-refractivity contribution in [2.24, 2.45) is 0 Å². The van der Waals surface area contributed by atoms with Gasteiger partial charge < -0.3 is 10.3 Å². The van der Waals surface area contributed by atoms with Crippen molar-refractivity contribution in [3.05, 3.63) is 16.8 Å². The number of nitrogen functional groups attached to an aromatic ring is 1. The van der Waals surface area contributed by atoms with Crippen molar-refractivity contribution < 1.29 is 4.52 Å². The van der Waals surface area contributed by atoms with Crippen LogP contribution in [0.1, 0.15) is 5.56 Å². The lowest BCUT2D eigenvalue weighted by Gasteiger charge is -1.93. The highest BCUT2D eigenvalue weighted by molar-refractivity contribution is 6.29. The Morgan fingerprint density at radius 3 is 3.08 bits per heavy atom. The van der Waals surface area contributed by atoms with Crippen molar-refractivity contribution >= 4 is 28.5 Å². The summed E-state index contributed by atoms with van der Waals surface area (Å²) in [4.78, 5) is 3.91. The van der Waals surface area contributed by atoms with Crippen LogP contribution in [0.25, 0.3) is 11.1 Å². The zero-order valence-corrected chi connectivity index (χ0v) is 7.09. The fraction of sp³-hybridized carbons (Fsp3) is 0.143. The third-order valence-electron chi connectivity index (χ3n) is 1.64. The summed E-state index contributed by atoms with van der Waals surface area (Å²) < 4.78 is 4.84. The van der Waals surface area contributed by atoms with Crippen molar-refractivity contribution in [1.82, 2.24) is 10.1 Å². The number of rotatable bonds is 0. The Hall–Kier alpha value is -1.29. The fourth-order valence-electron chi connectivity index (χ4n) is 1.12. The van der Waals surface area contributed by atoms with Crippen LogP contribution >= 0.6 is 11.6 Å². The van der Waals surface area contributed by atoms with Gasteiger partial charge in [-0.15, -0.1) is 0 Å². The molecule has 2 N–H and O–H groups in total. The molecule has 0 atom stereocenters. The molecule has 0 aliphatic heterocycles. The molecule has 0 radical (unpaired) electrons. The molecule has 5 heteroatoms. The Bertz CT molecular complexity index is 437. The number of aromatic nitrogens is 2. The first-order valence-corrected chi connectivity index (χ1v) is 3.74. The fourth-order valence-corrected chi connectivity index (χ4v) is 1.36. The van der Waals surface area contributed by atoms with Crippen LogP contribution < -0.4 is 5.73 Å². The van der Waals surface area contributed by atoms with Crippen LogP contribution in [0.3, 0.4) is 0 Å². The van der Waals surface area contributed by atoms with Crippen LogP contribution in [0, 0.1) is 6.92 Å². The zero-order valence-electron chi connectivity index (χ0n) is 6.34. The van der Waals surface area contributed by atoms with Gasteiger partial charge in [-0.25, -0.2) is 0 Å². The summed E-state index contributed by atoms with van der Waals surface area (Å²) in [5, 5.41) is 4.70. The number of fused-ring (bicyclic) bond motifs is 1. The Kier molecular flexibility index (Phi) is 1.44. The molecule has 0 bridgehead atoms. The summed E-state index contributed by atoms with van der Waals surface area (Å²) in [6.07, 6.45) is 0. The molecular formula is C7H6ClN3O. The molecule has 0 fully saturated rings. The smallest absolute Gasteiger partial charge is 0.261 e. The van der Waals surface area contributed by atoms with Crippen molar-refractivity contribution in [1.29, 1.82) is 0 Å². The second-order valence-corrected chi connectivity index (χ2v) is 2.90. The lowest BCUT2D eigenvalue weighted by atomic mass is 10.2. The standard InChI is InChI=1S/C7H6ClN3O/c1-3-2-4(8)10-7-5(3)6(9)11-12-7/h2H,1H3,(H2,9,11). The minimum absolute atomic E-state index is 0.353. The third kappa shape index (κ3) is 0.921. The number of hydrogen-bond donors (Lipinski definition) is 1. The van der Waals surface area contributed by atoms with Crippen LogP contribution in [0.4, 0.5) is 5.82 Å².